The highest BCUT2D eigenvalue weighted by atomic mass is 32.2. The number of benzene rings is 1. The highest BCUT2D eigenvalue weighted by Crippen LogP contribution is 2.55. The number of fused-ring (bicyclic) bond motifs is 1. The molecule has 2 aromatic rings. The van der Waals surface area contributed by atoms with E-state index in [-0.39, 0.29) is 18.0 Å². The van der Waals surface area contributed by atoms with Gasteiger partial charge in [0.1, 0.15) is 23.9 Å². The topological polar surface area (TPSA) is 123 Å². The molecule has 3 N–H and O–H groups in total. The lowest BCUT2D eigenvalue weighted by Crippen LogP contribution is -2.50. The van der Waals surface area contributed by atoms with E-state index in [0.717, 1.165) is 25.7 Å². The van der Waals surface area contributed by atoms with Gasteiger partial charge in [-0.3, -0.25) is 4.90 Å². The van der Waals surface area contributed by atoms with Gasteiger partial charge >= 0.3 is 12.1 Å². The largest absolute Gasteiger partial charge is 0.490 e. The number of carboxylic acids is 1. The lowest BCUT2D eigenvalue weighted by molar-refractivity contribution is -0.192. The highest BCUT2D eigenvalue weighted by Gasteiger charge is 2.52. The molecule has 1 aromatic carbocycles. The van der Waals surface area contributed by atoms with Crippen molar-refractivity contribution in [2.75, 3.05) is 31.1 Å². The average Bonchev–Trinajstić information content (AvgIpc) is 3.26. The second-order valence-corrected chi connectivity index (χ2v) is 11.3. The number of carboxylic acid groups (broad SMARTS) is 1. The van der Waals surface area contributed by atoms with Crippen molar-refractivity contribution in [3.8, 4) is 0 Å². The van der Waals surface area contributed by atoms with Crippen LogP contribution in [0.3, 0.4) is 0 Å². The van der Waals surface area contributed by atoms with Crippen LogP contribution in [0.2, 0.25) is 0 Å². The van der Waals surface area contributed by atoms with Gasteiger partial charge in [0.25, 0.3) is 0 Å². The zero-order valence-electron chi connectivity index (χ0n) is 19.7. The molecule has 2 saturated heterocycles. The van der Waals surface area contributed by atoms with Crippen molar-refractivity contribution in [2.24, 2.45) is 5.41 Å². The Labute approximate surface area is 210 Å². The number of aliphatic carboxylic acids is 1. The summed E-state index contributed by atoms with van der Waals surface area (Å²) in [4.78, 5) is 13.4. The molecule has 14 heteroatoms. The van der Waals surface area contributed by atoms with Crippen LogP contribution >= 0.6 is 0 Å². The van der Waals surface area contributed by atoms with Crippen LogP contribution in [0.1, 0.15) is 30.8 Å². The van der Waals surface area contributed by atoms with Gasteiger partial charge in [-0.1, -0.05) is 0 Å². The molecular formula is C23H27F4N3O6S. The van der Waals surface area contributed by atoms with Gasteiger partial charge in [-0.15, -0.1) is 0 Å². The molecule has 37 heavy (non-hydrogen) atoms. The molecule has 0 radical (unpaired) electrons. The van der Waals surface area contributed by atoms with Crippen molar-refractivity contribution in [3.05, 3.63) is 47.7 Å². The number of furan rings is 1. The second-order valence-electron chi connectivity index (χ2n) is 9.54. The molecule has 1 aromatic heterocycles. The Balaban J connectivity index is 0.000000405. The summed E-state index contributed by atoms with van der Waals surface area (Å²) in [7, 11) is -3.89. The van der Waals surface area contributed by atoms with Gasteiger partial charge in [0, 0.05) is 32.2 Å². The fourth-order valence-corrected chi connectivity index (χ4v) is 5.82. The van der Waals surface area contributed by atoms with Gasteiger partial charge in [-0.25, -0.2) is 22.3 Å². The number of carbonyl (C=O) groups is 1. The molecule has 3 fully saturated rings. The standard InChI is InChI=1S/C21H26FN3O4S.C2HF3O2/c22-19-9-18(30(27,28)23-11-16-1-2-17(13-26)29-16)3-4-20(19)24-7-8-25-14-21(5-6-21)10-15(25)12-24;3-2(4,5)1(6)7/h1-4,9,15,23,26H,5-8,10-14H2;(H,6,7)/t15-;/m0./s1. The molecule has 204 valence electrons. The Morgan fingerprint density at radius 2 is 1.84 bits per heavy atom. The Kier molecular flexibility index (Phi) is 7.57. The van der Waals surface area contributed by atoms with Crippen molar-refractivity contribution < 1.29 is 45.4 Å². The lowest BCUT2D eigenvalue weighted by atomic mass is 10.0. The maximum absolute atomic E-state index is 14.9. The molecule has 1 atom stereocenters. The average molecular weight is 550 g/mol. The third-order valence-electron chi connectivity index (χ3n) is 6.89. The monoisotopic (exact) mass is 549 g/mol. The lowest BCUT2D eigenvalue weighted by Gasteiger charge is -2.38. The van der Waals surface area contributed by atoms with E-state index >= 15 is 0 Å². The second kappa shape index (κ2) is 10.2. The molecule has 2 aliphatic heterocycles. The minimum atomic E-state index is -5.08. The molecule has 0 bridgehead atoms. The first-order valence-corrected chi connectivity index (χ1v) is 13.1. The third-order valence-corrected chi connectivity index (χ3v) is 8.29. The molecule has 0 unspecified atom stereocenters. The molecule has 5 rings (SSSR count). The van der Waals surface area contributed by atoms with Gasteiger partial charge in [-0.2, -0.15) is 13.2 Å². The maximum Gasteiger partial charge on any atom is 0.490 e. The quantitative estimate of drug-likeness (QED) is 0.470. The predicted octanol–water partition coefficient (Wildman–Crippen LogP) is 2.70. The van der Waals surface area contributed by atoms with Crippen LogP contribution in [-0.2, 0) is 28.0 Å². The van der Waals surface area contributed by atoms with E-state index in [1.54, 1.807) is 18.2 Å². The summed E-state index contributed by atoms with van der Waals surface area (Å²) in [6, 6.07) is 7.73. The number of hydrogen-bond donors (Lipinski definition) is 3. The van der Waals surface area contributed by atoms with Crippen LogP contribution in [0.4, 0.5) is 23.2 Å². The molecule has 1 saturated carbocycles. The summed E-state index contributed by atoms with van der Waals surface area (Å²) in [5.41, 5.74) is 0.985. The molecule has 1 spiro atoms. The van der Waals surface area contributed by atoms with Gasteiger partial charge < -0.3 is 19.5 Å². The number of piperazine rings is 1. The number of nitrogens with one attached hydrogen (secondary N) is 1. The first-order chi connectivity index (χ1) is 17.3. The van der Waals surface area contributed by atoms with Crippen molar-refractivity contribution in [3.63, 3.8) is 0 Å². The zero-order valence-corrected chi connectivity index (χ0v) is 20.5. The van der Waals surface area contributed by atoms with E-state index in [9.17, 15) is 26.0 Å². The molecule has 9 nitrogen and oxygen atoms in total. The number of anilines is 1. The Hall–Kier alpha value is -2.68. The summed E-state index contributed by atoms with van der Waals surface area (Å²) in [5, 5.41) is 16.1. The minimum Gasteiger partial charge on any atom is -0.475 e. The minimum absolute atomic E-state index is 0.0723. The smallest absolute Gasteiger partial charge is 0.475 e. The Morgan fingerprint density at radius 3 is 2.41 bits per heavy atom. The normalized spacial score (nSPS) is 20.9. The first-order valence-electron chi connectivity index (χ1n) is 11.6. The van der Waals surface area contributed by atoms with Crippen LogP contribution in [0, 0.1) is 11.2 Å². The van der Waals surface area contributed by atoms with Gasteiger partial charge in [0.2, 0.25) is 10.0 Å². The number of sulfonamides is 1. The summed E-state index contributed by atoms with van der Waals surface area (Å²) in [6.07, 6.45) is -1.27. The van der Waals surface area contributed by atoms with Crippen LogP contribution in [0.5, 0.6) is 0 Å². The Bertz CT molecular complexity index is 1250. The molecule has 1 aliphatic carbocycles. The summed E-state index contributed by atoms with van der Waals surface area (Å²) >= 11 is 0. The molecule has 3 aliphatic rings. The zero-order chi connectivity index (χ0) is 27.0. The maximum atomic E-state index is 14.9. The highest BCUT2D eigenvalue weighted by molar-refractivity contribution is 7.89. The van der Waals surface area contributed by atoms with E-state index in [0.29, 0.717) is 28.7 Å². The van der Waals surface area contributed by atoms with E-state index in [4.69, 9.17) is 19.4 Å². The van der Waals surface area contributed by atoms with Gasteiger partial charge in [-0.05, 0) is 55.0 Å². The number of nitrogens with zero attached hydrogens (tertiary/aromatic N) is 2. The van der Waals surface area contributed by atoms with Crippen LogP contribution in [0.15, 0.2) is 39.6 Å². The number of rotatable bonds is 6. The van der Waals surface area contributed by atoms with Crippen molar-refractivity contribution in [2.45, 2.75) is 49.5 Å². The van der Waals surface area contributed by atoms with Crippen molar-refractivity contribution in [1.82, 2.24) is 9.62 Å². The fourth-order valence-electron chi connectivity index (χ4n) is 4.81. The molecule has 0 amide bonds. The fraction of sp³-hybridized carbons (Fsp3) is 0.522. The van der Waals surface area contributed by atoms with E-state index in [2.05, 4.69) is 9.62 Å². The number of aliphatic hydroxyl groups excluding tert-OH is 1. The number of alkyl halides is 3. The van der Waals surface area contributed by atoms with Gasteiger partial charge in [0.05, 0.1) is 17.1 Å². The molecular weight excluding hydrogens is 522 g/mol. The van der Waals surface area contributed by atoms with E-state index in [1.807, 2.05) is 4.90 Å². The van der Waals surface area contributed by atoms with Crippen LogP contribution in [-0.4, -0.2) is 67.9 Å². The van der Waals surface area contributed by atoms with Crippen LogP contribution in [0.25, 0.3) is 0 Å². The SMILES string of the molecule is O=C(O)C(F)(F)F.O=S(=O)(NCc1ccc(CO)o1)c1ccc(N2CCN3CC4(CC4)C[C@H]3C2)c(F)c1. The number of halogens is 4. The van der Waals surface area contributed by atoms with E-state index in [1.165, 1.54) is 31.9 Å². The Morgan fingerprint density at radius 1 is 1.16 bits per heavy atom. The first kappa shape index (κ1) is 27.4. The predicted molar refractivity (Wildman–Crippen MR) is 123 cm³/mol. The number of aliphatic hydroxyl groups is 1. The van der Waals surface area contributed by atoms with Crippen molar-refractivity contribution in [1.29, 1.82) is 0 Å². The summed E-state index contributed by atoms with van der Waals surface area (Å²) in [6.45, 7) is 3.31. The molecule has 3 heterocycles. The van der Waals surface area contributed by atoms with Crippen molar-refractivity contribution >= 4 is 21.7 Å². The third kappa shape index (κ3) is 6.43. The summed E-state index contributed by atoms with van der Waals surface area (Å²) in [5.74, 6) is -2.55. The number of hydrogen-bond acceptors (Lipinski definition) is 7. The van der Waals surface area contributed by atoms with Crippen LogP contribution < -0.4 is 9.62 Å². The van der Waals surface area contributed by atoms with Gasteiger partial charge in [0.15, 0.2) is 0 Å². The summed E-state index contributed by atoms with van der Waals surface area (Å²) < 4.78 is 79.4. The van der Waals surface area contributed by atoms with E-state index < -0.39 is 28.0 Å².